The van der Waals surface area contributed by atoms with Crippen LogP contribution in [0.2, 0.25) is 0 Å². The number of hydrogen-bond donors (Lipinski definition) is 1. The van der Waals surface area contributed by atoms with Crippen molar-refractivity contribution in [3.05, 3.63) is 43.8 Å². The number of esters is 1. The number of ether oxygens (including phenoxy) is 1. The van der Waals surface area contributed by atoms with Crippen LogP contribution in [0.3, 0.4) is 0 Å². The first kappa shape index (κ1) is 22.6. The molecule has 166 valence electrons. The number of aryl methyl sites for hydroxylation is 1. The first-order valence-corrected chi connectivity index (χ1v) is 12.1. The maximum absolute atomic E-state index is 13.0. The van der Waals surface area contributed by atoms with Crippen molar-refractivity contribution in [3.63, 3.8) is 0 Å². The van der Waals surface area contributed by atoms with Gasteiger partial charge >= 0.3 is 12.0 Å². The van der Waals surface area contributed by atoms with Gasteiger partial charge in [0.15, 0.2) is 5.92 Å². The molecular weight excluding hydrogens is 545 g/mol. The lowest BCUT2D eigenvalue weighted by Crippen LogP contribution is -2.58. The number of aliphatic imine (C=N–C) groups is 1. The number of carbonyl (C=O) groups excluding carboxylic acids is 4. The van der Waals surface area contributed by atoms with Gasteiger partial charge in [0.2, 0.25) is 5.91 Å². The van der Waals surface area contributed by atoms with Gasteiger partial charge in [-0.25, -0.2) is 19.5 Å². The summed E-state index contributed by atoms with van der Waals surface area (Å²) >= 11 is 3.50. The Kier molecular flexibility index (Phi) is 6.70. The molecule has 0 spiro atoms. The van der Waals surface area contributed by atoms with E-state index in [1.807, 2.05) is 0 Å². The van der Waals surface area contributed by atoms with Gasteiger partial charge in [-0.3, -0.25) is 14.9 Å². The van der Waals surface area contributed by atoms with Crippen molar-refractivity contribution >= 4 is 74.6 Å². The predicted octanol–water partition coefficient (Wildman–Crippen LogP) is 4.01. The summed E-state index contributed by atoms with van der Waals surface area (Å²) in [4.78, 5) is 56.8. The van der Waals surface area contributed by atoms with Gasteiger partial charge in [0, 0.05) is 14.7 Å². The lowest BCUT2D eigenvalue weighted by atomic mass is 9.95. The topological polar surface area (TPSA) is 105 Å². The Hall–Kier alpha value is -2.60. The number of fused-ring (bicyclic) bond motifs is 1. The summed E-state index contributed by atoms with van der Waals surface area (Å²) in [7, 11) is 0. The third kappa shape index (κ3) is 4.33. The summed E-state index contributed by atoms with van der Waals surface area (Å²) in [5.41, 5.74) is 1.72. The smallest absolute Gasteiger partial charge is 0.341 e. The number of benzene rings is 1. The summed E-state index contributed by atoms with van der Waals surface area (Å²) in [5.74, 6) is -3.18. The van der Waals surface area contributed by atoms with E-state index in [0.29, 0.717) is 16.3 Å². The van der Waals surface area contributed by atoms with E-state index >= 15 is 0 Å². The van der Waals surface area contributed by atoms with Gasteiger partial charge in [0.25, 0.3) is 5.91 Å². The Balaban J connectivity index is 1.66. The van der Waals surface area contributed by atoms with Gasteiger partial charge < -0.3 is 4.74 Å². The number of urea groups is 1. The molecule has 2 heterocycles. The molecule has 4 rings (SSSR count). The van der Waals surface area contributed by atoms with Crippen molar-refractivity contribution in [1.82, 2.24) is 5.32 Å². The molecule has 2 aromatic rings. The van der Waals surface area contributed by atoms with E-state index in [-0.39, 0.29) is 6.61 Å². The van der Waals surface area contributed by atoms with Crippen LogP contribution in [0.4, 0.5) is 15.5 Å². The lowest BCUT2D eigenvalue weighted by Gasteiger charge is -2.28. The Morgan fingerprint density at radius 1 is 1.25 bits per heavy atom. The molecule has 0 saturated carbocycles. The Morgan fingerprint density at radius 3 is 2.69 bits per heavy atom. The summed E-state index contributed by atoms with van der Waals surface area (Å²) in [6.45, 7) is 1.98. The summed E-state index contributed by atoms with van der Waals surface area (Å²) in [5, 5.41) is 2.64. The summed E-state index contributed by atoms with van der Waals surface area (Å²) < 4.78 is 6.16. The number of carbonyl (C=O) groups is 4. The number of rotatable bonds is 5. The average Bonchev–Trinajstić information content (AvgIpc) is 3.13. The van der Waals surface area contributed by atoms with Crippen LogP contribution in [-0.4, -0.2) is 36.6 Å². The van der Waals surface area contributed by atoms with Gasteiger partial charge in [-0.15, -0.1) is 11.3 Å². The van der Waals surface area contributed by atoms with Crippen molar-refractivity contribution in [1.29, 1.82) is 0 Å². The fraction of sp³-hybridized carbons (Fsp3) is 0.318. The highest BCUT2D eigenvalue weighted by atomic mass is 127. The van der Waals surface area contributed by atoms with Crippen LogP contribution in [0.1, 0.15) is 40.6 Å². The second-order valence-corrected chi connectivity index (χ2v) is 9.64. The molecule has 4 amide bonds. The third-order valence-electron chi connectivity index (χ3n) is 5.26. The number of halogens is 1. The fourth-order valence-electron chi connectivity index (χ4n) is 3.75. The van der Waals surface area contributed by atoms with Gasteiger partial charge in [-0.1, -0.05) is 0 Å². The number of hydrogen-bond acceptors (Lipinski definition) is 7. The van der Waals surface area contributed by atoms with Crippen molar-refractivity contribution in [3.8, 4) is 0 Å². The van der Waals surface area contributed by atoms with E-state index in [9.17, 15) is 19.2 Å². The molecule has 0 radical (unpaired) electrons. The number of anilines is 1. The van der Waals surface area contributed by atoms with E-state index in [0.717, 1.165) is 44.6 Å². The van der Waals surface area contributed by atoms with Crippen LogP contribution in [0.25, 0.3) is 0 Å². The van der Waals surface area contributed by atoms with Crippen molar-refractivity contribution in [2.24, 2.45) is 10.9 Å². The highest BCUT2D eigenvalue weighted by molar-refractivity contribution is 14.1. The number of amides is 4. The van der Waals surface area contributed by atoms with E-state index < -0.39 is 29.7 Å². The summed E-state index contributed by atoms with van der Waals surface area (Å²) in [6.07, 6.45) is 4.86. The quantitative estimate of drug-likeness (QED) is 0.255. The average molecular weight is 565 g/mol. The molecule has 1 aliphatic heterocycles. The van der Waals surface area contributed by atoms with Crippen LogP contribution in [0.5, 0.6) is 0 Å². The number of imide groups is 2. The highest BCUT2D eigenvalue weighted by Crippen LogP contribution is 2.40. The molecule has 1 atom stereocenters. The molecule has 0 unspecified atom stereocenters. The molecule has 1 fully saturated rings. The second-order valence-electron chi connectivity index (χ2n) is 7.31. The van der Waals surface area contributed by atoms with Gasteiger partial charge in [0.1, 0.15) is 5.00 Å². The zero-order valence-electron chi connectivity index (χ0n) is 17.2. The van der Waals surface area contributed by atoms with E-state index in [1.165, 1.54) is 17.6 Å². The molecule has 0 bridgehead atoms. The zero-order chi connectivity index (χ0) is 22.8. The minimum absolute atomic E-state index is 0.239. The maximum Gasteiger partial charge on any atom is 0.341 e. The lowest BCUT2D eigenvalue weighted by molar-refractivity contribution is -0.131. The minimum atomic E-state index is -1.29. The molecule has 1 saturated heterocycles. The molecule has 10 heteroatoms. The fourth-order valence-corrected chi connectivity index (χ4v) is 5.34. The number of barbiturate groups is 1. The normalized spacial score (nSPS) is 18.6. The monoisotopic (exact) mass is 565 g/mol. The van der Waals surface area contributed by atoms with Gasteiger partial charge in [0.05, 0.1) is 17.9 Å². The van der Waals surface area contributed by atoms with Crippen molar-refractivity contribution in [2.75, 3.05) is 11.5 Å². The molecule has 1 N–H and O–H groups in total. The van der Waals surface area contributed by atoms with Crippen molar-refractivity contribution in [2.45, 2.75) is 32.6 Å². The second kappa shape index (κ2) is 9.49. The van der Waals surface area contributed by atoms with E-state index in [2.05, 4.69) is 32.9 Å². The Morgan fingerprint density at radius 2 is 1.97 bits per heavy atom. The number of thiophene rings is 1. The molecule has 8 nitrogen and oxygen atoms in total. The predicted molar refractivity (Wildman–Crippen MR) is 129 cm³/mol. The SMILES string of the molecule is CCOC(=O)c1c(N=C[C@H]2C(=O)NC(=O)N(c3ccc(I)cc3)C2=O)sc2c1CCCC2. The van der Waals surface area contributed by atoms with Crippen LogP contribution in [0, 0.1) is 9.49 Å². The molecule has 1 aromatic heterocycles. The molecule has 1 aliphatic carbocycles. The highest BCUT2D eigenvalue weighted by Gasteiger charge is 2.40. The zero-order valence-corrected chi connectivity index (χ0v) is 20.2. The first-order valence-electron chi connectivity index (χ1n) is 10.2. The maximum atomic E-state index is 13.0. The number of nitrogens with one attached hydrogen (secondary N) is 1. The largest absolute Gasteiger partial charge is 0.462 e. The molecular formula is C22H20IN3O5S. The minimum Gasteiger partial charge on any atom is -0.462 e. The van der Waals surface area contributed by atoms with Crippen LogP contribution in [-0.2, 0) is 27.2 Å². The first-order chi connectivity index (χ1) is 15.4. The summed E-state index contributed by atoms with van der Waals surface area (Å²) in [6, 6.07) is 5.99. The van der Waals surface area contributed by atoms with Crippen LogP contribution >= 0.6 is 33.9 Å². The third-order valence-corrected chi connectivity index (χ3v) is 7.18. The molecule has 32 heavy (non-hydrogen) atoms. The van der Waals surface area contributed by atoms with Crippen molar-refractivity contribution < 1.29 is 23.9 Å². The van der Waals surface area contributed by atoms with Crippen LogP contribution in [0.15, 0.2) is 29.3 Å². The molecule has 1 aromatic carbocycles. The van der Waals surface area contributed by atoms with E-state index in [1.54, 1.807) is 31.2 Å². The standard InChI is InChI=1S/C22H20IN3O5S/c1-2-31-21(29)17-14-5-3-4-6-16(14)32-19(17)24-11-15-18(27)25-22(30)26(20(15)28)13-9-7-12(23)8-10-13/h7-11,15H,2-6H2,1H3,(H,25,27,30)/t15-/m0/s1. The van der Waals surface area contributed by atoms with Gasteiger partial charge in [-0.2, -0.15) is 0 Å². The van der Waals surface area contributed by atoms with Crippen LogP contribution < -0.4 is 10.2 Å². The van der Waals surface area contributed by atoms with E-state index in [4.69, 9.17) is 4.74 Å². The Bertz CT molecular complexity index is 1130. The Labute approximate surface area is 202 Å². The molecule has 2 aliphatic rings. The van der Waals surface area contributed by atoms with Gasteiger partial charge in [-0.05, 0) is 85.0 Å². The number of nitrogens with zero attached hydrogens (tertiary/aromatic N) is 2.